The van der Waals surface area contributed by atoms with Crippen molar-refractivity contribution in [3.63, 3.8) is 0 Å². The summed E-state index contributed by atoms with van der Waals surface area (Å²) in [5.74, 6) is 3.80. The lowest BCUT2D eigenvalue weighted by molar-refractivity contribution is 0.150. The molecule has 0 saturated heterocycles. The molecule has 2 aliphatic heterocycles. The first-order valence-corrected chi connectivity index (χ1v) is 19.5. The minimum atomic E-state index is -0.213. The van der Waals surface area contributed by atoms with E-state index in [2.05, 4.69) is 151 Å². The molecule has 1 aromatic heterocycles. The molecule has 3 heterocycles. The van der Waals surface area contributed by atoms with Crippen molar-refractivity contribution in [3.8, 4) is 11.5 Å². The number of ether oxygens (including phenoxy) is 2. The zero-order valence-electron chi connectivity index (χ0n) is 32.7. The number of aromatic nitrogens is 1. The zero-order chi connectivity index (χ0) is 37.1. The summed E-state index contributed by atoms with van der Waals surface area (Å²) in [6.07, 6.45) is 8.10. The van der Waals surface area contributed by atoms with Crippen LogP contribution in [0.2, 0.25) is 0 Å². The Kier molecular flexibility index (Phi) is 8.95. The molecule has 2 atom stereocenters. The summed E-state index contributed by atoms with van der Waals surface area (Å²) < 4.78 is 13.7. The van der Waals surface area contributed by atoms with Gasteiger partial charge in [0.15, 0.2) is 0 Å². The molecular weight excluding hydrogens is 651 g/mol. The normalized spacial score (nSPS) is 19.6. The zero-order valence-corrected chi connectivity index (χ0v) is 32.7. The highest BCUT2D eigenvalue weighted by molar-refractivity contribution is 5.97. The van der Waals surface area contributed by atoms with E-state index in [4.69, 9.17) is 19.5 Å². The van der Waals surface area contributed by atoms with Crippen molar-refractivity contribution in [1.82, 2.24) is 4.98 Å². The van der Waals surface area contributed by atoms with Crippen LogP contribution in [-0.2, 0) is 15.6 Å². The van der Waals surface area contributed by atoms with Crippen molar-refractivity contribution >= 4 is 23.1 Å². The molecule has 0 amide bonds. The molecule has 4 aromatic carbocycles. The van der Waals surface area contributed by atoms with Gasteiger partial charge in [0.2, 0.25) is 5.90 Å². The third-order valence-electron chi connectivity index (χ3n) is 11.8. The monoisotopic (exact) mass is 703 g/mol. The Morgan fingerprint density at radius 1 is 0.792 bits per heavy atom. The Bertz CT molecular complexity index is 2190. The Labute approximate surface area is 316 Å². The van der Waals surface area contributed by atoms with E-state index in [-0.39, 0.29) is 23.0 Å². The minimum Gasteiger partial charge on any atom is -0.467 e. The molecule has 3 aliphatic rings. The summed E-state index contributed by atoms with van der Waals surface area (Å²) in [4.78, 5) is 12.7. The first-order chi connectivity index (χ1) is 25.4. The molecule has 0 unspecified atom stereocenters. The van der Waals surface area contributed by atoms with E-state index in [1.807, 2.05) is 6.20 Å². The van der Waals surface area contributed by atoms with Gasteiger partial charge < -0.3 is 9.47 Å². The quantitative estimate of drug-likeness (QED) is 0.177. The van der Waals surface area contributed by atoms with Gasteiger partial charge in [-0.15, -0.1) is 0 Å². The van der Waals surface area contributed by atoms with E-state index in [0.717, 1.165) is 56.8 Å². The average Bonchev–Trinajstić information content (AvgIpc) is 3.58. The molecule has 8 rings (SSSR count). The number of benzene rings is 4. The van der Waals surface area contributed by atoms with Crippen molar-refractivity contribution in [2.45, 2.75) is 110 Å². The second-order valence-corrected chi connectivity index (χ2v) is 17.1. The summed E-state index contributed by atoms with van der Waals surface area (Å²) in [7, 11) is 0. The van der Waals surface area contributed by atoms with Crippen LogP contribution in [0.4, 0.5) is 17.2 Å². The van der Waals surface area contributed by atoms with Crippen molar-refractivity contribution in [3.05, 3.63) is 142 Å². The summed E-state index contributed by atoms with van der Waals surface area (Å²) in [5.41, 5.74) is 11.3. The number of anilines is 3. The lowest BCUT2D eigenvalue weighted by Gasteiger charge is -2.41. The summed E-state index contributed by atoms with van der Waals surface area (Å²) in [6.45, 7) is 17.9. The number of hydrogen-bond acceptors (Lipinski definition) is 5. The van der Waals surface area contributed by atoms with E-state index in [1.165, 1.54) is 54.4 Å². The highest BCUT2D eigenvalue weighted by Crippen LogP contribution is 2.52. The van der Waals surface area contributed by atoms with Crippen molar-refractivity contribution in [1.29, 1.82) is 0 Å². The van der Waals surface area contributed by atoms with Crippen LogP contribution in [0.15, 0.2) is 102 Å². The molecule has 1 fully saturated rings. The molecule has 53 heavy (non-hydrogen) atoms. The molecular formula is C48H53N3O2. The third kappa shape index (κ3) is 6.53. The van der Waals surface area contributed by atoms with E-state index in [9.17, 15) is 0 Å². The molecule has 0 bridgehead atoms. The molecule has 0 spiro atoms. The van der Waals surface area contributed by atoms with Crippen LogP contribution in [0.5, 0.6) is 11.5 Å². The fourth-order valence-corrected chi connectivity index (χ4v) is 8.79. The Hall–Kier alpha value is -4.90. The van der Waals surface area contributed by atoms with Gasteiger partial charge in [-0.25, -0.2) is 9.98 Å². The number of hydrogen-bond donors (Lipinski definition) is 0. The maximum Gasteiger partial charge on any atom is 0.217 e. The molecule has 0 N–H and O–H groups in total. The molecule has 5 heteroatoms. The second-order valence-electron chi connectivity index (χ2n) is 17.1. The van der Waals surface area contributed by atoms with Gasteiger partial charge in [-0.1, -0.05) is 108 Å². The van der Waals surface area contributed by atoms with Gasteiger partial charge in [0, 0.05) is 28.8 Å². The molecule has 0 radical (unpaired) electrons. The molecule has 1 aliphatic carbocycles. The van der Waals surface area contributed by atoms with Gasteiger partial charge in [0.25, 0.3) is 0 Å². The fourth-order valence-electron chi connectivity index (χ4n) is 8.79. The summed E-state index contributed by atoms with van der Waals surface area (Å²) in [5, 5.41) is 0. The van der Waals surface area contributed by atoms with E-state index < -0.39 is 0 Å². The lowest BCUT2D eigenvalue weighted by atomic mass is 9.72. The smallest absolute Gasteiger partial charge is 0.217 e. The molecule has 5 nitrogen and oxygen atoms in total. The highest BCUT2D eigenvalue weighted by atomic mass is 16.5. The van der Waals surface area contributed by atoms with Gasteiger partial charge in [-0.2, -0.15) is 0 Å². The number of pyridine rings is 1. The van der Waals surface area contributed by atoms with E-state index >= 15 is 0 Å². The first kappa shape index (κ1) is 35.1. The lowest BCUT2D eigenvalue weighted by Crippen LogP contribution is -2.32. The number of aryl methyl sites for hydroxylation is 3. The van der Waals surface area contributed by atoms with Crippen molar-refractivity contribution in [2.75, 3.05) is 4.90 Å². The van der Waals surface area contributed by atoms with Crippen LogP contribution in [-0.4, -0.2) is 16.9 Å². The third-order valence-corrected chi connectivity index (χ3v) is 11.8. The minimum absolute atomic E-state index is 0.0363. The van der Waals surface area contributed by atoms with E-state index in [1.54, 1.807) is 0 Å². The molecule has 5 aromatic rings. The highest BCUT2D eigenvalue weighted by Gasteiger charge is 2.40. The predicted octanol–water partition coefficient (Wildman–Crippen LogP) is 12.7. The van der Waals surface area contributed by atoms with Crippen LogP contribution in [0.1, 0.15) is 117 Å². The Balaban J connectivity index is 1.17. The van der Waals surface area contributed by atoms with Crippen molar-refractivity contribution < 1.29 is 9.47 Å². The van der Waals surface area contributed by atoms with Gasteiger partial charge >= 0.3 is 0 Å². The Morgan fingerprint density at radius 3 is 2.32 bits per heavy atom. The number of aliphatic imine (C=N–C) groups is 1. The maximum atomic E-state index is 6.85. The number of rotatable bonds is 6. The summed E-state index contributed by atoms with van der Waals surface area (Å²) >= 11 is 0. The van der Waals surface area contributed by atoms with Gasteiger partial charge in [-0.05, 0) is 109 Å². The number of nitrogens with zero attached hydrogens (tertiary/aromatic N) is 3. The Morgan fingerprint density at radius 2 is 1.57 bits per heavy atom. The average molecular weight is 704 g/mol. The first-order valence-electron chi connectivity index (χ1n) is 19.5. The topological polar surface area (TPSA) is 47.0 Å². The number of fused-ring (bicyclic) bond motifs is 2. The standard InChI is InChI=1S/C48H53N3O2/c1-30-24-36(51-41-22-21-35(47(4,5)6)27-40(41)48(7,8)39-20-15-23-49-45(39)51)28-37(25-30)52-42-29-38(31(2)26-32(42)3)46-50-43(33-16-11-9-12-17-33)44(53-46)34-18-13-10-14-19-34/h10,13-15,18-29,33,43-44H,9,11-12,16-17H2,1-8H3/t43-,44-/m1/s1. The maximum absolute atomic E-state index is 6.85. The van der Waals surface area contributed by atoms with Crippen LogP contribution in [0, 0.1) is 26.7 Å². The van der Waals surface area contributed by atoms with Gasteiger partial charge in [0.1, 0.15) is 23.4 Å². The van der Waals surface area contributed by atoms with Crippen LogP contribution in [0.25, 0.3) is 0 Å². The molecule has 272 valence electrons. The van der Waals surface area contributed by atoms with E-state index in [0.29, 0.717) is 5.92 Å². The fraction of sp³-hybridized carbons (Fsp3) is 0.375. The van der Waals surface area contributed by atoms with Crippen molar-refractivity contribution in [2.24, 2.45) is 10.9 Å². The van der Waals surface area contributed by atoms with Crippen LogP contribution < -0.4 is 9.64 Å². The summed E-state index contributed by atoms with van der Waals surface area (Å²) in [6, 6.07) is 32.8. The second kappa shape index (κ2) is 13.5. The van der Waals surface area contributed by atoms with Gasteiger partial charge in [-0.3, -0.25) is 4.90 Å². The van der Waals surface area contributed by atoms with Gasteiger partial charge in [0.05, 0.1) is 17.4 Å². The van der Waals surface area contributed by atoms with Crippen LogP contribution in [0.3, 0.4) is 0 Å². The predicted molar refractivity (Wildman–Crippen MR) is 218 cm³/mol. The largest absolute Gasteiger partial charge is 0.467 e. The SMILES string of the molecule is Cc1cc(Oc2cc(C3=N[C@H](C4CCCCC4)[C@@H](c4ccccc4)O3)c(C)cc2C)cc(N2c3ccc(C(C)(C)C)cc3C(C)(C)c3cccnc32)c1. The van der Waals surface area contributed by atoms with Crippen LogP contribution >= 0.6 is 0 Å². The molecule has 1 saturated carbocycles.